The van der Waals surface area contributed by atoms with Crippen LogP contribution in [0.1, 0.15) is 0 Å². The van der Waals surface area contributed by atoms with Gasteiger partial charge in [0.25, 0.3) is 0 Å². The Kier molecular flexibility index (Phi) is 2.86. The Morgan fingerprint density at radius 1 is 1.25 bits per heavy atom. The standard InChI is InChI=1S/C10H9BrN2O2S/c1-16(14,15)13-10-8-5-3-2-4-7(8)9(11)6-12-10/h2-6H,1H3,(H,12,13). The van der Waals surface area contributed by atoms with Crippen molar-refractivity contribution in [3.8, 4) is 0 Å². The van der Waals surface area contributed by atoms with Crippen LogP contribution in [0.25, 0.3) is 10.8 Å². The molecule has 0 aliphatic rings. The number of sulfonamides is 1. The number of hydrogen-bond acceptors (Lipinski definition) is 3. The number of aromatic nitrogens is 1. The van der Waals surface area contributed by atoms with Gasteiger partial charge in [-0.15, -0.1) is 0 Å². The van der Waals surface area contributed by atoms with Crippen LogP contribution in [0, 0.1) is 0 Å². The van der Waals surface area contributed by atoms with Crippen molar-refractivity contribution in [2.75, 3.05) is 11.0 Å². The average molecular weight is 301 g/mol. The summed E-state index contributed by atoms with van der Waals surface area (Å²) in [6, 6.07) is 7.44. The predicted octanol–water partition coefficient (Wildman–Crippen LogP) is 2.37. The van der Waals surface area contributed by atoms with Crippen LogP contribution in [0.2, 0.25) is 0 Å². The van der Waals surface area contributed by atoms with Crippen LogP contribution in [0.3, 0.4) is 0 Å². The second-order valence-electron chi connectivity index (χ2n) is 3.37. The average Bonchev–Trinajstić information content (AvgIpc) is 2.21. The Morgan fingerprint density at radius 3 is 2.50 bits per heavy atom. The number of fused-ring (bicyclic) bond motifs is 1. The summed E-state index contributed by atoms with van der Waals surface area (Å²) in [7, 11) is -3.31. The van der Waals surface area contributed by atoms with E-state index in [1.165, 1.54) is 0 Å². The van der Waals surface area contributed by atoms with Crippen molar-refractivity contribution in [1.29, 1.82) is 0 Å². The molecule has 2 rings (SSSR count). The van der Waals surface area contributed by atoms with Gasteiger partial charge in [-0.1, -0.05) is 24.3 Å². The second kappa shape index (κ2) is 4.03. The Morgan fingerprint density at radius 2 is 1.88 bits per heavy atom. The molecule has 1 aromatic carbocycles. The van der Waals surface area contributed by atoms with Gasteiger partial charge in [-0.05, 0) is 15.9 Å². The number of benzene rings is 1. The van der Waals surface area contributed by atoms with E-state index in [0.717, 1.165) is 21.5 Å². The van der Waals surface area contributed by atoms with Gasteiger partial charge in [0.2, 0.25) is 10.0 Å². The van der Waals surface area contributed by atoms with Gasteiger partial charge in [0.05, 0.1) is 6.26 Å². The molecule has 0 radical (unpaired) electrons. The number of nitrogens with one attached hydrogen (secondary N) is 1. The van der Waals surface area contributed by atoms with Crippen LogP contribution in [-0.2, 0) is 10.0 Å². The van der Waals surface area contributed by atoms with Crippen molar-refractivity contribution >= 4 is 42.5 Å². The maximum atomic E-state index is 11.2. The van der Waals surface area contributed by atoms with E-state index in [-0.39, 0.29) is 0 Å². The summed E-state index contributed by atoms with van der Waals surface area (Å²) in [5.74, 6) is 0.348. The van der Waals surface area contributed by atoms with E-state index in [4.69, 9.17) is 0 Å². The molecule has 6 heteroatoms. The molecule has 0 aliphatic carbocycles. The molecule has 0 unspecified atom stereocenters. The molecular weight excluding hydrogens is 292 g/mol. The fourth-order valence-electron chi connectivity index (χ4n) is 1.42. The molecule has 0 saturated heterocycles. The van der Waals surface area contributed by atoms with Gasteiger partial charge in [0.1, 0.15) is 5.82 Å². The summed E-state index contributed by atoms with van der Waals surface area (Å²) < 4.78 is 25.6. The third-order valence-electron chi connectivity index (χ3n) is 2.03. The van der Waals surface area contributed by atoms with E-state index in [0.29, 0.717) is 5.82 Å². The summed E-state index contributed by atoms with van der Waals surface area (Å²) in [4.78, 5) is 4.05. The highest BCUT2D eigenvalue weighted by molar-refractivity contribution is 9.10. The second-order valence-corrected chi connectivity index (χ2v) is 5.98. The summed E-state index contributed by atoms with van der Waals surface area (Å²) in [6.07, 6.45) is 2.68. The van der Waals surface area contributed by atoms with Crippen LogP contribution in [-0.4, -0.2) is 19.7 Å². The van der Waals surface area contributed by atoms with Crippen molar-refractivity contribution in [3.05, 3.63) is 34.9 Å². The van der Waals surface area contributed by atoms with Crippen molar-refractivity contribution in [2.24, 2.45) is 0 Å². The normalized spacial score (nSPS) is 11.6. The molecule has 1 aromatic heterocycles. The zero-order valence-electron chi connectivity index (χ0n) is 8.44. The number of hydrogen-bond donors (Lipinski definition) is 1. The van der Waals surface area contributed by atoms with Crippen LogP contribution in [0.5, 0.6) is 0 Å². The van der Waals surface area contributed by atoms with Gasteiger partial charge in [-0.3, -0.25) is 4.72 Å². The Labute approximate surface area is 102 Å². The first-order chi connectivity index (χ1) is 7.47. The molecule has 84 valence electrons. The Bertz CT molecular complexity index is 640. The van der Waals surface area contributed by atoms with Crippen molar-refractivity contribution in [2.45, 2.75) is 0 Å². The topological polar surface area (TPSA) is 59.1 Å². The smallest absolute Gasteiger partial charge is 0.230 e. The zero-order valence-corrected chi connectivity index (χ0v) is 10.8. The number of halogens is 1. The Balaban J connectivity index is 2.68. The van der Waals surface area contributed by atoms with Crippen LogP contribution >= 0.6 is 15.9 Å². The number of pyridine rings is 1. The zero-order chi connectivity index (χ0) is 11.8. The largest absolute Gasteiger partial charge is 0.267 e. The molecule has 0 aliphatic heterocycles. The van der Waals surface area contributed by atoms with E-state index < -0.39 is 10.0 Å². The van der Waals surface area contributed by atoms with E-state index in [9.17, 15) is 8.42 Å². The van der Waals surface area contributed by atoms with Crippen molar-refractivity contribution < 1.29 is 8.42 Å². The van der Waals surface area contributed by atoms with Gasteiger partial charge in [0.15, 0.2) is 0 Å². The highest BCUT2D eigenvalue weighted by atomic mass is 79.9. The minimum absolute atomic E-state index is 0.348. The quantitative estimate of drug-likeness (QED) is 0.926. The lowest BCUT2D eigenvalue weighted by Crippen LogP contribution is -2.11. The molecule has 0 saturated carbocycles. The maximum absolute atomic E-state index is 11.2. The number of rotatable bonds is 2. The number of anilines is 1. The molecule has 4 nitrogen and oxygen atoms in total. The molecule has 1 N–H and O–H groups in total. The predicted molar refractivity (Wildman–Crippen MR) is 67.9 cm³/mol. The molecule has 0 fully saturated rings. The van der Waals surface area contributed by atoms with E-state index in [2.05, 4.69) is 25.6 Å². The lowest BCUT2D eigenvalue weighted by atomic mass is 10.2. The molecule has 2 aromatic rings. The fraction of sp³-hybridized carbons (Fsp3) is 0.100. The van der Waals surface area contributed by atoms with Crippen LogP contribution < -0.4 is 4.72 Å². The minimum Gasteiger partial charge on any atom is -0.267 e. The van der Waals surface area contributed by atoms with E-state index >= 15 is 0 Å². The molecule has 1 heterocycles. The summed E-state index contributed by atoms with van der Waals surface area (Å²) in [5.41, 5.74) is 0. The minimum atomic E-state index is -3.31. The SMILES string of the molecule is CS(=O)(=O)Nc1ncc(Br)c2ccccc12. The third-order valence-corrected chi connectivity index (χ3v) is 3.22. The van der Waals surface area contributed by atoms with Gasteiger partial charge >= 0.3 is 0 Å². The van der Waals surface area contributed by atoms with Gasteiger partial charge in [-0.25, -0.2) is 13.4 Å². The van der Waals surface area contributed by atoms with E-state index in [1.807, 2.05) is 24.3 Å². The first kappa shape index (κ1) is 11.3. The van der Waals surface area contributed by atoms with Crippen LogP contribution in [0.15, 0.2) is 34.9 Å². The monoisotopic (exact) mass is 300 g/mol. The Hall–Kier alpha value is -1.14. The first-order valence-electron chi connectivity index (χ1n) is 4.48. The molecule has 0 atom stereocenters. The highest BCUT2D eigenvalue weighted by Gasteiger charge is 2.08. The third kappa shape index (κ3) is 2.33. The first-order valence-corrected chi connectivity index (χ1v) is 7.17. The van der Waals surface area contributed by atoms with Crippen molar-refractivity contribution in [3.63, 3.8) is 0 Å². The molecular formula is C10H9BrN2O2S. The van der Waals surface area contributed by atoms with Crippen molar-refractivity contribution in [1.82, 2.24) is 4.98 Å². The van der Waals surface area contributed by atoms with Gasteiger partial charge in [0, 0.05) is 21.4 Å². The van der Waals surface area contributed by atoms with Gasteiger partial charge < -0.3 is 0 Å². The van der Waals surface area contributed by atoms with Gasteiger partial charge in [-0.2, -0.15) is 0 Å². The summed E-state index contributed by atoms with van der Waals surface area (Å²) in [5, 5.41) is 1.69. The fourth-order valence-corrected chi connectivity index (χ4v) is 2.38. The lowest BCUT2D eigenvalue weighted by molar-refractivity contribution is 0.606. The molecule has 0 bridgehead atoms. The van der Waals surface area contributed by atoms with Crippen LogP contribution in [0.4, 0.5) is 5.82 Å². The lowest BCUT2D eigenvalue weighted by Gasteiger charge is -2.07. The maximum Gasteiger partial charge on any atom is 0.230 e. The molecule has 0 spiro atoms. The van der Waals surface area contributed by atoms with E-state index in [1.54, 1.807) is 6.20 Å². The highest BCUT2D eigenvalue weighted by Crippen LogP contribution is 2.27. The molecule has 0 amide bonds. The number of nitrogens with zero attached hydrogens (tertiary/aromatic N) is 1. The summed E-state index contributed by atoms with van der Waals surface area (Å²) in [6.45, 7) is 0. The summed E-state index contributed by atoms with van der Waals surface area (Å²) >= 11 is 3.37. The molecule has 16 heavy (non-hydrogen) atoms.